The average molecular weight is 285 g/mol. The van der Waals surface area contributed by atoms with Crippen LogP contribution < -0.4 is 14.8 Å². The van der Waals surface area contributed by atoms with Crippen LogP contribution >= 0.6 is 0 Å². The number of benzene rings is 1. The monoisotopic (exact) mass is 285 g/mol. The molecule has 0 amide bonds. The number of aromatic nitrogens is 2. The Morgan fingerprint density at radius 1 is 1.10 bits per heavy atom. The third kappa shape index (κ3) is 3.13. The second-order valence-corrected chi connectivity index (χ2v) is 4.92. The third-order valence-corrected chi connectivity index (χ3v) is 3.45. The summed E-state index contributed by atoms with van der Waals surface area (Å²) < 4.78 is 11.5. The van der Waals surface area contributed by atoms with Gasteiger partial charge in [0.15, 0.2) is 11.5 Å². The van der Waals surface area contributed by atoms with Crippen molar-refractivity contribution < 1.29 is 9.47 Å². The third-order valence-electron chi connectivity index (χ3n) is 3.45. The molecule has 3 rings (SSSR count). The van der Waals surface area contributed by atoms with Crippen LogP contribution in [-0.2, 0) is 0 Å². The molecule has 1 aromatic heterocycles. The lowest BCUT2D eigenvalue weighted by Crippen LogP contribution is -2.22. The molecule has 0 fully saturated rings. The van der Waals surface area contributed by atoms with Crippen molar-refractivity contribution in [2.75, 3.05) is 19.8 Å². The van der Waals surface area contributed by atoms with E-state index in [1.54, 1.807) is 12.4 Å². The van der Waals surface area contributed by atoms with Crippen LogP contribution in [0.25, 0.3) is 0 Å². The molecule has 1 aromatic carbocycles. The zero-order valence-electron chi connectivity index (χ0n) is 12.1. The Hall–Kier alpha value is -2.14. The zero-order valence-corrected chi connectivity index (χ0v) is 12.1. The second-order valence-electron chi connectivity index (χ2n) is 4.92. The fourth-order valence-corrected chi connectivity index (χ4v) is 2.46. The summed E-state index contributed by atoms with van der Waals surface area (Å²) in [6.45, 7) is 4.35. The van der Waals surface area contributed by atoms with Crippen LogP contribution in [0.4, 0.5) is 0 Å². The van der Waals surface area contributed by atoms with Crippen molar-refractivity contribution in [3.05, 3.63) is 47.8 Å². The molecule has 21 heavy (non-hydrogen) atoms. The SMILES string of the molecule is CCNC(c1ccnnc1)c1ccc2c(c1)OCCCO2. The van der Waals surface area contributed by atoms with E-state index in [-0.39, 0.29) is 6.04 Å². The van der Waals surface area contributed by atoms with E-state index in [0.717, 1.165) is 35.6 Å². The van der Waals surface area contributed by atoms with Crippen LogP contribution in [0.2, 0.25) is 0 Å². The van der Waals surface area contributed by atoms with E-state index in [9.17, 15) is 0 Å². The van der Waals surface area contributed by atoms with Crippen molar-refractivity contribution >= 4 is 0 Å². The first-order valence-corrected chi connectivity index (χ1v) is 7.28. The van der Waals surface area contributed by atoms with Gasteiger partial charge in [0.2, 0.25) is 0 Å². The highest BCUT2D eigenvalue weighted by molar-refractivity contribution is 5.46. The normalized spacial score (nSPS) is 15.3. The molecule has 0 aliphatic carbocycles. The minimum Gasteiger partial charge on any atom is -0.490 e. The van der Waals surface area contributed by atoms with Crippen molar-refractivity contribution in [1.82, 2.24) is 15.5 Å². The van der Waals surface area contributed by atoms with E-state index in [4.69, 9.17) is 9.47 Å². The summed E-state index contributed by atoms with van der Waals surface area (Å²) in [6, 6.07) is 8.15. The predicted molar refractivity (Wildman–Crippen MR) is 79.6 cm³/mol. The summed E-state index contributed by atoms with van der Waals surface area (Å²) in [5.74, 6) is 1.63. The fraction of sp³-hybridized carbons (Fsp3) is 0.375. The van der Waals surface area contributed by atoms with Crippen LogP contribution in [0, 0.1) is 0 Å². The number of hydrogen-bond donors (Lipinski definition) is 1. The summed E-state index contributed by atoms with van der Waals surface area (Å²) in [5.41, 5.74) is 2.22. The van der Waals surface area contributed by atoms with E-state index in [1.807, 2.05) is 12.1 Å². The predicted octanol–water partition coefficient (Wildman–Crippen LogP) is 2.34. The van der Waals surface area contributed by atoms with E-state index in [2.05, 4.69) is 34.6 Å². The lowest BCUT2D eigenvalue weighted by atomic mass is 10.00. The van der Waals surface area contributed by atoms with E-state index < -0.39 is 0 Å². The zero-order chi connectivity index (χ0) is 14.5. The first kappa shape index (κ1) is 13.8. The molecule has 2 heterocycles. The first-order valence-electron chi connectivity index (χ1n) is 7.28. The number of hydrogen-bond acceptors (Lipinski definition) is 5. The smallest absolute Gasteiger partial charge is 0.161 e. The molecule has 0 bridgehead atoms. The van der Waals surface area contributed by atoms with Crippen LogP contribution in [0.5, 0.6) is 11.5 Å². The molecule has 1 atom stereocenters. The highest BCUT2D eigenvalue weighted by Crippen LogP contribution is 2.33. The summed E-state index contributed by atoms with van der Waals surface area (Å²) >= 11 is 0. The van der Waals surface area contributed by atoms with E-state index in [0.29, 0.717) is 13.2 Å². The minimum atomic E-state index is 0.0719. The maximum absolute atomic E-state index is 5.77. The fourth-order valence-electron chi connectivity index (χ4n) is 2.46. The standard InChI is InChI=1S/C16H19N3O2/c1-2-17-16(13-6-7-18-19-11-13)12-4-5-14-15(10-12)21-9-3-8-20-14/h4-7,10-11,16-17H,2-3,8-9H2,1H3. The van der Waals surface area contributed by atoms with Crippen molar-refractivity contribution in [1.29, 1.82) is 0 Å². The van der Waals surface area contributed by atoms with E-state index >= 15 is 0 Å². The lowest BCUT2D eigenvalue weighted by Gasteiger charge is -2.19. The summed E-state index contributed by atoms with van der Waals surface area (Å²) in [7, 11) is 0. The molecule has 0 radical (unpaired) electrons. The van der Waals surface area contributed by atoms with Gasteiger partial charge in [-0.05, 0) is 35.9 Å². The Labute approximate surface area is 124 Å². The molecule has 1 N–H and O–H groups in total. The average Bonchev–Trinajstić information content (AvgIpc) is 2.78. The molecule has 1 unspecified atom stereocenters. The molecular weight excluding hydrogens is 266 g/mol. The van der Waals surface area contributed by atoms with Gasteiger partial charge in [-0.15, -0.1) is 0 Å². The Bertz CT molecular complexity index is 589. The molecule has 110 valence electrons. The van der Waals surface area contributed by atoms with Gasteiger partial charge in [0, 0.05) is 12.6 Å². The Balaban J connectivity index is 1.94. The van der Waals surface area contributed by atoms with Crippen LogP contribution in [0.1, 0.15) is 30.5 Å². The number of nitrogens with zero attached hydrogens (tertiary/aromatic N) is 2. The largest absolute Gasteiger partial charge is 0.490 e. The van der Waals surface area contributed by atoms with Gasteiger partial charge < -0.3 is 14.8 Å². The Morgan fingerprint density at radius 3 is 2.71 bits per heavy atom. The Kier molecular flexibility index (Phi) is 4.31. The van der Waals surface area contributed by atoms with Crippen LogP contribution in [0.15, 0.2) is 36.7 Å². The van der Waals surface area contributed by atoms with Crippen LogP contribution in [-0.4, -0.2) is 30.0 Å². The number of ether oxygens (including phenoxy) is 2. The first-order chi connectivity index (χ1) is 10.4. The van der Waals surface area contributed by atoms with Gasteiger partial charge in [0.25, 0.3) is 0 Å². The maximum atomic E-state index is 5.77. The lowest BCUT2D eigenvalue weighted by molar-refractivity contribution is 0.297. The molecule has 5 nitrogen and oxygen atoms in total. The Morgan fingerprint density at radius 2 is 1.95 bits per heavy atom. The van der Waals surface area contributed by atoms with Crippen molar-refractivity contribution in [3.63, 3.8) is 0 Å². The van der Waals surface area contributed by atoms with Crippen molar-refractivity contribution in [2.45, 2.75) is 19.4 Å². The molecular formula is C16H19N3O2. The molecule has 2 aromatic rings. The van der Waals surface area contributed by atoms with Gasteiger partial charge in [0.05, 0.1) is 25.5 Å². The van der Waals surface area contributed by atoms with Crippen LogP contribution in [0.3, 0.4) is 0 Å². The van der Waals surface area contributed by atoms with E-state index in [1.165, 1.54) is 0 Å². The number of rotatable bonds is 4. The molecule has 5 heteroatoms. The highest BCUT2D eigenvalue weighted by atomic mass is 16.5. The van der Waals surface area contributed by atoms with Gasteiger partial charge in [-0.25, -0.2) is 0 Å². The number of nitrogens with one attached hydrogen (secondary N) is 1. The summed E-state index contributed by atoms with van der Waals surface area (Å²) in [5, 5.41) is 11.3. The van der Waals surface area contributed by atoms with Gasteiger partial charge in [0.1, 0.15) is 0 Å². The molecule has 0 saturated heterocycles. The molecule has 0 saturated carbocycles. The highest BCUT2D eigenvalue weighted by Gasteiger charge is 2.17. The van der Waals surface area contributed by atoms with Crippen molar-refractivity contribution in [3.8, 4) is 11.5 Å². The maximum Gasteiger partial charge on any atom is 0.161 e. The van der Waals surface area contributed by atoms with Gasteiger partial charge in [-0.3, -0.25) is 0 Å². The summed E-state index contributed by atoms with van der Waals surface area (Å²) in [4.78, 5) is 0. The van der Waals surface area contributed by atoms with Gasteiger partial charge in [-0.2, -0.15) is 10.2 Å². The molecule has 1 aliphatic rings. The number of fused-ring (bicyclic) bond motifs is 1. The minimum absolute atomic E-state index is 0.0719. The van der Waals surface area contributed by atoms with Gasteiger partial charge in [-0.1, -0.05) is 13.0 Å². The summed E-state index contributed by atoms with van der Waals surface area (Å²) in [6.07, 6.45) is 4.41. The topological polar surface area (TPSA) is 56.3 Å². The van der Waals surface area contributed by atoms with Gasteiger partial charge >= 0.3 is 0 Å². The van der Waals surface area contributed by atoms with Crippen molar-refractivity contribution in [2.24, 2.45) is 0 Å². The molecule has 1 aliphatic heterocycles. The molecule has 0 spiro atoms. The second kappa shape index (κ2) is 6.54. The quantitative estimate of drug-likeness (QED) is 0.934.